The molecule has 3 aromatic rings. The molecule has 4 nitrogen and oxygen atoms in total. The topological polar surface area (TPSA) is 51.1 Å². The van der Waals surface area contributed by atoms with Crippen molar-refractivity contribution in [3.63, 3.8) is 0 Å². The molecule has 0 aliphatic rings. The van der Waals surface area contributed by atoms with E-state index in [1.807, 2.05) is 0 Å². The summed E-state index contributed by atoms with van der Waals surface area (Å²) < 4.78 is 15.6. The van der Waals surface area contributed by atoms with E-state index in [0.717, 1.165) is 4.47 Å². The van der Waals surface area contributed by atoms with E-state index < -0.39 is 11.5 Å². The van der Waals surface area contributed by atoms with Gasteiger partial charge in [0, 0.05) is 16.4 Å². The van der Waals surface area contributed by atoms with Gasteiger partial charge >= 0.3 is 0 Å². The summed E-state index contributed by atoms with van der Waals surface area (Å²) in [6.07, 6.45) is 1.57. The Balaban J connectivity index is 1.84. The number of hydrogen-bond acceptors (Lipinski definition) is 2. The normalized spacial score (nSPS) is 10.5. The molecule has 0 spiro atoms. The van der Waals surface area contributed by atoms with Crippen LogP contribution in [0.1, 0.15) is 15.9 Å². The van der Waals surface area contributed by atoms with Crippen molar-refractivity contribution < 1.29 is 9.18 Å². The molecular formula is C19H14BrFN2O2. The molecule has 3 rings (SSSR count). The number of halogens is 2. The maximum atomic E-state index is 13.3. The van der Waals surface area contributed by atoms with Crippen LogP contribution < -0.4 is 10.9 Å². The molecule has 0 atom stereocenters. The molecule has 0 aliphatic carbocycles. The van der Waals surface area contributed by atoms with Crippen molar-refractivity contribution in [2.75, 3.05) is 5.32 Å². The van der Waals surface area contributed by atoms with Gasteiger partial charge in [0.05, 0.1) is 6.54 Å². The molecule has 1 aromatic heterocycles. The Morgan fingerprint density at radius 1 is 1.08 bits per heavy atom. The van der Waals surface area contributed by atoms with Crippen LogP contribution in [0.2, 0.25) is 0 Å². The number of aromatic nitrogens is 1. The lowest BCUT2D eigenvalue weighted by Gasteiger charge is -2.09. The molecule has 0 fully saturated rings. The first-order chi connectivity index (χ1) is 12.0. The Hall–Kier alpha value is -2.73. The van der Waals surface area contributed by atoms with Gasteiger partial charge < -0.3 is 9.88 Å². The second-order valence-corrected chi connectivity index (χ2v) is 6.36. The molecule has 0 unspecified atom stereocenters. The lowest BCUT2D eigenvalue weighted by molar-refractivity contribution is 0.102. The molecule has 1 heterocycles. The molecule has 1 N–H and O–H groups in total. The van der Waals surface area contributed by atoms with Gasteiger partial charge in [0.2, 0.25) is 0 Å². The molecule has 0 saturated heterocycles. The fourth-order valence-electron chi connectivity index (χ4n) is 2.40. The SMILES string of the molecule is O=C(Nc1ccc(Br)cc1)c1cccn(Cc2cccc(F)c2)c1=O. The fraction of sp³-hybridized carbons (Fsp3) is 0.0526. The summed E-state index contributed by atoms with van der Waals surface area (Å²) in [5.41, 5.74) is 0.837. The Kier molecular flexibility index (Phi) is 5.09. The average Bonchev–Trinajstić information content (AvgIpc) is 2.59. The first-order valence-corrected chi connectivity index (χ1v) is 8.33. The van der Waals surface area contributed by atoms with Gasteiger partial charge in [-0.1, -0.05) is 28.1 Å². The van der Waals surface area contributed by atoms with Crippen LogP contribution in [0.25, 0.3) is 0 Å². The first kappa shape index (κ1) is 17.1. The number of rotatable bonds is 4. The molecule has 25 heavy (non-hydrogen) atoms. The quantitative estimate of drug-likeness (QED) is 0.717. The third-order valence-electron chi connectivity index (χ3n) is 3.61. The molecule has 0 saturated carbocycles. The fourth-order valence-corrected chi connectivity index (χ4v) is 2.66. The van der Waals surface area contributed by atoms with Crippen molar-refractivity contribution in [3.8, 4) is 0 Å². The van der Waals surface area contributed by atoms with Gasteiger partial charge in [0.1, 0.15) is 11.4 Å². The lowest BCUT2D eigenvalue weighted by Crippen LogP contribution is -2.29. The highest BCUT2D eigenvalue weighted by molar-refractivity contribution is 9.10. The van der Waals surface area contributed by atoms with Crippen molar-refractivity contribution in [2.45, 2.75) is 6.54 Å². The predicted molar refractivity (Wildman–Crippen MR) is 98.3 cm³/mol. The highest BCUT2D eigenvalue weighted by atomic mass is 79.9. The zero-order valence-corrected chi connectivity index (χ0v) is 14.7. The Bertz CT molecular complexity index is 968. The van der Waals surface area contributed by atoms with E-state index in [4.69, 9.17) is 0 Å². The van der Waals surface area contributed by atoms with Crippen molar-refractivity contribution in [3.05, 3.63) is 98.6 Å². The van der Waals surface area contributed by atoms with E-state index in [1.165, 1.54) is 22.8 Å². The van der Waals surface area contributed by atoms with Gasteiger partial charge in [0.15, 0.2) is 0 Å². The second kappa shape index (κ2) is 7.44. The number of amides is 1. The molecule has 0 aliphatic heterocycles. The van der Waals surface area contributed by atoms with Crippen LogP contribution in [-0.4, -0.2) is 10.5 Å². The number of benzene rings is 2. The largest absolute Gasteiger partial charge is 0.322 e. The van der Waals surface area contributed by atoms with Crippen molar-refractivity contribution >= 4 is 27.5 Å². The lowest BCUT2D eigenvalue weighted by atomic mass is 10.2. The maximum Gasteiger partial charge on any atom is 0.263 e. The summed E-state index contributed by atoms with van der Waals surface area (Å²) in [5, 5.41) is 2.69. The summed E-state index contributed by atoms with van der Waals surface area (Å²) in [5.74, 6) is -0.851. The zero-order chi connectivity index (χ0) is 17.8. The van der Waals surface area contributed by atoms with Crippen LogP contribution in [0.4, 0.5) is 10.1 Å². The van der Waals surface area contributed by atoms with E-state index >= 15 is 0 Å². The Labute approximate surface area is 152 Å². The van der Waals surface area contributed by atoms with E-state index in [-0.39, 0.29) is 17.9 Å². The van der Waals surface area contributed by atoms with Gasteiger partial charge in [-0.2, -0.15) is 0 Å². The molecule has 0 radical (unpaired) electrons. The number of anilines is 1. The molecule has 0 bridgehead atoms. The number of carbonyl (C=O) groups excluding carboxylic acids is 1. The smallest absolute Gasteiger partial charge is 0.263 e. The number of nitrogens with zero attached hydrogens (tertiary/aromatic N) is 1. The van der Waals surface area contributed by atoms with Crippen LogP contribution in [-0.2, 0) is 6.54 Å². The highest BCUT2D eigenvalue weighted by Gasteiger charge is 2.12. The number of nitrogens with one attached hydrogen (secondary N) is 1. The minimum absolute atomic E-state index is 0.0295. The predicted octanol–water partition coefficient (Wildman–Crippen LogP) is 4.05. The number of pyridine rings is 1. The Morgan fingerprint density at radius 2 is 1.84 bits per heavy atom. The van der Waals surface area contributed by atoms with Crippen molar-refractivity contribution in [2.24, 2.45) is 0 Å². The molecule has 1 amide bonds. The zero-order valence-electron chi connectivity index (χ0n) is 13.1. The van der Waals surface area contributed by atoms with Crippen LogP contribution in [0.3, 0.4) is 0 Å². The van der Waals surface area contributed by atoms with Gasteiger partial charge in [0.25, 0.3) is 11.5 Å². The summed E-state index contributed by atoms with van der Waals surface area (Å²) in [6, 6.07) is 16.2. The molecule has 2 aromatic carbocycles. The monoisotopic (exact) mass is 400 g/mol. The van der Waals surface area contributed by atoms with Crippen molar-refractivity contribution in [1.82, 2.24) is 4.57 Å². The minimum Gasteiger partial charge on any atom is -0.322 e. The van der Waals surface area contributed by atoms with Crippen LogP contribution in [0.5, 0.6) is 0 Å². The van der Waals surface area contributed by atoms with Crippen LogP contribution >= 0.6 is 15.9 Å². The van der Waals surface area contributed by atoms with Gasteiger partial charge in [-0.25, -0.2) is 4.39 Å². The maximum absolute atomic E-state index is 13.3. The van der Waals surface area contributed by atoms with Gasteiger partial charge in [-0.05, 0) is 54.1 Å². The molecule has 126 valence electrons. The summed E-state index contributed by atoms with van der Waals surface area (Å²) in [6.45, 7) is 0.190. The second-order valence-electron chi connectivity index (χ2n) is 5.45. The number of carbonyl (C=O) groups is 1. The first-order valence-electron chi connectivity index (χ1n) is 7.54. The number of hydrogen-bond donors (Lipinski definition) is 1. The van der Waals surface area contributed by atoms with Crippen molar-refractivity contribution in [1.29, 1.82) is 0 Å². The average molecular weight is 401 g/mol. The summed E-state index contributed by atoms with van der Waals surface area (Å²) in [7, 11) is 0. The third kappa shape index (κ3) is 4.22. The van der Waals surface area contributed by atoms with E-state index in [9.17, 15) is 14.0 Å². The van der Waals surface area contributed by atoms with Gasteiger partial charge in [-0.3, -0.25) is 9.59 Å². The summed E-state index contributed by atoms with van der Waals surface area (Å²) >= 11 is 3.32. The van der Waals surface area contributed by atoms with Crippen LogP contribution in [0, 0.1) is 5.82 Å². The van der Waals surface area contributed by atoms with Crippen LogP contribution in [0.15, 0.2) is 76.1 Å². The molecular weight excluding hydrogens is 387 g/mol. The third-order valence-corrected chi connectivity index (χ3v) is 4.14. The Morgan fingerprint density at radius 3 is 2.56 bits per heavy atom. The minimum atomic E-state index is -0.485. The van der Waals surface area contributed by atoms with Gasteiger partial charge in [-0.15, -0.1) is 0 Å². The van der Waals surface area contributed by atoms with E-state index in [2.05, 4.69) is 21.2 Å². The standard InChI is InChI=1S/C19H14BrFN2O2/c20-14-6-8-16(9-7-14)22-18(24)17-5-2-10-23(19(17)25)12-13-3-1-4-15(21)11-13/h1-11H,12H2,(H,22,24). The van der Waals surface area contributed by atoms with E-state index in [1.54, 1.807) is 48.7 Å². The molecule has 6 heteroatoms. The highest BCUT2D eigenvalue weighted by Crippen LogP contribution is 2.14. The summed E-state index contributed by atoms with van der Waals surface area (Å²) in [4.78, 5) is 24.9. The van der Waals surface area contributed by atoms with E-state index in [0.29, 0.717) is 11.3 Å².